The Kier molecular flexibility index (Phi) is 6.30. The molecule has 0 saturated carbocycles. The van der Waals surface area contributed by atoms with Gasteiger partial charge in [-0.2, -0.15) is 0 Å². The monoisotopic (exact) mass is 281 g/mol. The van der Waals surface area contributed by atoms with Gasteiger partial charge in [-0.1, -0.05) is 13.3 Å². The largest absolute Gasteiger partial charge is 0.356 e. The number of rotatable bonds is 5. The second-order valence-corrected chi connectivity index (χ2v) is 6.79. The highest BCUT2D eigenvalue weighted by atomic mass is 16.1. The first kappa shape index (κ1) is 15.8. The summed E-state index contributed by atoms with van der Waals surface area (Å²) in [6.07, 6.45) is 6.02. The van der Waals surface area contributed by atoms with Crippen LogP contribution < -0.4 is 10.6 Å². The van der Waals surface area contributed by atoms with Gasteiger partial charge in [0, 0.05) is 25.0 Å². The molecule has 2 N–H and O–H groups in total. The van der Waals surface area contributed by atoms with E-state index < -0.39 is 0 Å². The van der Waals surface area contributed by atoms with Crippen molar-refractivity contribution in [2.24, 2.45) is 11.8 Å². The summed E-state index contributed by atoms with van der Waals surface area (Å²) in [5.41, 5.74) is 0. The molecule has 4 nitrogen and oxygen atoms in total. The van der Waals surface area contributed by atoms with Gasteiger partial charge in [-0.15, -0.1) is 0 Å². The van der Waals surface area contributed by atoms with E-state index in [2.05, 4.69) is 29.4 Å². The fraction of sp³-hybridized carbons (Fsp3) is 0.938. The number of hydrogen-bond acceptors (Lipinski definition) is 3. The Hall–Kier alpha value is -0.610. The summed E-state index contributed by atoms with van der Waals surface area (Å²) in [5, 5.41) is 6.57. The minimum atomic E-state index is 0.216. The molecule has 0 aromatic heterocycles. The van der Waals surface area contributed by atoms with Gasteiger partial charge in [0.2, 0.25) is 5.91 Å². The van der Waals surface area contributed by atoms with Crippen molar-refractivity contribution in [3.8, 4) is 0 Å². The minimum absolute atomic E-state index is 0.216. The van der Waals surface area contributed by atoms with E-state index >= 15 is 0 Å². The number of nitrogens with one attached hydrogen (secondary N) is 2. The van der Waals surface area contributed by atoms with E-state index in [1.54, 1.807) is 0 Å². The van der Waals surface area contributed by atoms with Crippen molar-refractivity contribution in [1.82, 2.24) is 15.5 Å². The molecule has 1 unspecified atom stereocenters. The third-order valence-electron chi connectivity index (χ3n) is 4.64. The molecule has 4 heteroatoms. The Balaban J connectivity index is 1.64. The van der Waals surface area contributed by atoms with E-state index in [1.165, 1.54) is 32.4 Å². The quantitative estimate of drug-likeness (QED) is 0.805. The molecule has 1 amide bonds. The predicted octanol–water partition coefficient (Wildman–Crippen LogP) is 1.61. The lowest BCUT2D eigenvalue weighted by Crippen LogP contribution is -2.44. The second kappa shape index (κ2) is 7.99. The third kappa shape index (κ3) is 5.06. The Morgan fingerprint density at radius 1 is 1.35 bits per heavy atom. The lowest BCUT2D eigenvalue weighted by molar-refractivity contribution is -0.126. The summed E-state index contributed by atoms with van der Waals surface area (Å²) >= 11 is 0. The van der Waals surface area contributed by atoms with Crippen molar-refractivity contribution in [2.75, 3.05) is 32.7 Å². The molecule has 2 aliphatic heterocycles. The first-order chi connectivity index (χ1) is 9.65. The number of likely N-dealkylation sites (tertiary alicyclic amines) is 1. The van der Waals surface area contributed by atoms with Crippen LogP contribution in [-0.2, 0) is 4.79 Å². The van der Waals surface area contributed by atoms with Crippen molar-refractivity contribution < 1.29 is 4.79 Å². The maximum Gasteiger partial charge on any atom is 0.223 e. The lowest BCUT2D eigenvalue weighted by atomic mass is 9.92. The fourth-order valence-electron chi connectivity index (χ4n) is 3.44. The van der Waals surface area contributed by atoms with E-state index in [1.807, 2.05) is 0 Å². The van der Waals surface area contributed by atoms with Crippen LogP contribution in [0.5, 0.6) is 0 Å². The van der Waals surface area contributed by atoms with Crippen LogP contribution in [0.4, 0.5) is 0 Å². The summed E-state index contributed by atoms with van der Waals surface area (Å²) in [4.78, 5) is 14.7. The van der Waals surface area contributed by atoms with Crippen molar-refractivity contribution in [3.63, 3.8) is 0 Å². The van der Waals surface area contributed by atoms with Crippen LogP contribution in [0.15, 0.2) is 0 Å². The van der Waals surface area contributed by atoms with E-state index in [0.29, 0.717) is 12.0 Å². The average Bonchev–Trinajstić information content (AvgIpc) is 2.46. The molecular weight excluding hydrogens is 250 g/mol. The van der Waals surface area contributed by atoms with Crippen LogP contribution in [0.2, 0.25) is 0 Å². The fourth-order valence-corrected chi connectivity index (χ4v) is 3.44. The standard InChI is InChI=1S/C16H31N3O/c1-13(12-19-8-4-3-5-9-19)11-18-16(20)15-6-7-17-14(2)10-15/h13-15,17H,3-12H2,1-2H3,(H,18,20)/t13?,14-,15-/m0/s1. The van der Waals surface area contributed by atoms with Gasteiger partial charge >= 0.3 is 0 Å². The van der Waals surface area contributed by atoms with Crippen LogP contribution in [-0.4, -0.2) is 49.6 Å². The molecule has 3 atom stereocenters. The molecule has 0 bridgehead atoms. The summed E-state index contributed by atoms with van der Waals surface area (Å²) < 4.78 is 0. The normalized spacial score (nSPS) is 29.9. The first-order valence-corrected chi connectivity index (χ1v) is 8.38. The summed E-state index contributed by atoms with van der Waals surface area (Å²) in [7, 11) is 0. The van der Waals surface area contributed by atoms with Crippen LogP contribution in [0, 0.1) is 11.8 Å². The predicted molar refractivity (Wildman–Crippen MR) is 82.7 cm³/mol. The summed E-state index contributed by atoms with van der Waals surface area (Å²) in [5.74, 6) is 1.04. The molecule has 2 aliphatic rings. The van der Waals surface area contributed by atoms with Gasteiger partial charge in [0.05, 0.1) is 0 Å². The Morgan fingerprint density at radius 3 is 2.80 bits per heavy atom. The Morgan fingerprint density at radius 2 is 2.10 bits per heavy atom. The second-order valence-electron chi connectivity index (χ2n) is 6.79. The van der Waals surface area contributed by atoms with E-state index in [4.69, 9.17) is 0 Å². The van der Waals surface area contributed by atoms with E-state index in [0.717, 1.165) is 32.5 Å². The molecule has 2 rings (SSSR count). The zero-order valence-corrected chi connectivity index (χ0v) is 13.2. The van der Waals surface area contributed by atoms with Crippen LogP contribution in [0.25, 0.3) is 0 Å². The van der Waals surface area contributed by atoms with Gasteiger partial charge < -0.3 is 15.5 Å². The van der Waals surface area contributed by atoms with Gasteiger partial charge in [-0.05, 0) is 58.2 Å². The highest BCUT2D eigenvalue weighted by molar-refractivity contribution is 5.78. The summed E-state index contributed by atoms with van der Waals surface area (Å²) in [6.45, 7) is 9.83. The van der Waals surface area contributed by atoms with Gasteiger partial charge in [-0.3, -0.25) is 4.79 Å². The van der Waals surface area contributed by atoms with Crippen LogP contribution >= 0.6 is 0 Å². The minimum Gasteiger partial charge on any atom is -0.356 e. The maximum absolute atomic E-state index is 12.2. The molecule has 0 spiro atoms. The Bertz CT molecular complexity index is 302. The smallest absolute Gasteiger partial charge is 0.223 e. The number of amides is 1. The molecular formula is C16H31N3O. The van der Waals surface area contributed by atoms with Crippen LogP contribution in [0.3, 0.4) is 0 Å². The highest BCUT2D eigenvalue weighted by Gasteiger charge is 2.24. The van der Waals surface area contributed by atoms with Gasteiger partial charge in [0.25, 0.3) is 0 Å². The van der Waals surface area contributed by atoms with Crippen molar-refractivity contribution in [2.45, 2.75) is 52.0 Å². The van der Waals surface area contributed by atoms with Crippen LogP contribution in [0.1, 0.15) is 46.0 Å². The van der Waals surface area contributed by atoms with Gasteiger partial charge in [0.1, 0.15) is 0 Å². The first-order valence-electron chi connectivity index (χ1n) is 8.38. The van der Waals surface area contributed by atoms with Gasteiger partial charge in [0.15, 0.2) is 0 Å². The molecule has 2 saturated heterocycles. The van der Waals surface area contributed by atoms with Gasteiger partial charge in [-0.25, -0.2) is 0 Å². The number of piperidine rings is 2. The number of nitrogens with zero attached hydrogens (tertiary/aromatic N) is 1. The molecule has 116 valence electrons. The topological polar surface area (TPSA) is 44.4 Å². The maximum atomic E-state index is 12.2. The van der Waals surface area contributed by atoms with Crippen molar-refractivity contribution in [3.05, 3.63) is 0 Å². The van der Waals surface area contributed by atoms with Crippen molar-refractivity contribution >= 4 is 5.91 Å². The number of carbonyl (C=O) groups is 1. The zero-order valence-electron chi connectivity index (χ0n) is 13.2. The van der Waals surface area contributed by atoms with E-state index in [9.17, 15) is 4.79 Å². The highest BCUT2D eigenvalue weighted by Crippen LogP contribution is 2.16. The summed E-state index contributed by atoms with van der Waals surface area (Å²) in [6, 6.07) is 0.477. The average molecular weight is 281 g/mol. The van der Waals surface area contributed by atoms with E-state index in [-0.39, 0.29) is 11.8 Å². The SMILES string of the molecule is CC(CNC(=O)[C@H]1CCN[C@@H](C)C1)CN1CCCCC1. The van der Waals surface area contributed by atoms with Crippen molar-refractivity contribution in [1.29, 1.82) is 0 Å². The molecule has 2 fully saturated rings. The zero-order chi connectivity index (χ0) is 14.4. The Labute approximate surface area is 123 Å². The molecule has 0 aliphatic carbocycles. The molecule has 2 heterocycles. The number of carbonyl (C=O) groups excluding carboxylic acids is 1. The number of hydrogen-bond donors (Lipinski definition) is 2. The molecule has 0 radical (unpaired) electrons. The molecule has 20 heavy (non-hydrogen) atoms. The lowest BCUT2D eigenvalue weighted by Gasteiger charge is -2.30. The molecule has 0 aromatic rings. The third-order valence-corrected chi connectivity index (χ3v) is 4.64. The molecule has 0 aromatic carbocycles.